The number of carbonyl (C=O) groups is 2. The number of benzene rings is 1. The predicted molar refractivity (Wildman–Crippen MR) is 102 cm³/mol. The SMILES string of the molecule is COc1ccc(C2C(C(=O)C(C)(C)C)=C(O)C(=O)N2CC2CCCO2)cc1O. The molecule has 2 aliphatic rings. The highest BCUT2D eigenvalue weighted by Crippen LogP contribution is 2.43. The Morgan fingerprint density at radius 2 is 2.04 bits per heavy atom. The maximum absolute atomic E-state index is 13.1. The first-order chi connectivity index (χ1) is 13.1. The number of phenolic OH excluding ortho intramolecular Hbond substituents is 1. The number of phenols is 1. The molecule has 7 heteroatoms. The van der Waals surface area contributed by atoms with Crippen LogP contribution >= 0.6 is 0 Å². The highest BCUT2D eigenvalue weighted by molar-refractivity contribution is 6.10. The Morgan fingerprint density at radius 3 is 2.57 bits per heavy atom. The van der Waals surface area contributed by atoms with E-state index in [0.29, 0.717) is 12.2 Å². The molecule has 3 rings (SSSR count). The van der Waals surface area contributed by atoms with Gasteiger partial charge in [0.25, 0.3) is 5.91 Å². The lowest BCUT2D eigenvalue weighted by Gasteiger charge is -2.30. The summed E-state index contributed by atoms with van der Waals surface area (Å²) in [6, 6.07) is 3.94. The molecule has 2 aliphatic heterocycles. The summed E-state index contributed by atoms with van der Waals surface area (Å²) in [6.07, 6.45) is 1.58. The number of Topliss-reactive ketones (excluding diaryl/α,β-unsaturated/α-hetero) is 1. The molecule has 2 heterocycles. The van der Waals surface area contributed by atoms with Crippen molar-refractivity contribution >= 4 is 11.7 Å². The fourth-order valence-electron chi connectivity index (χ4n) is 3.71. The second kappa shape index (κ2) is 7.47. The molecular formula is C21H27NO6. The summed E-state index contributed by atoms with van der Waals surface area (Å²) >= 11 is 0. The number of hydrogen-bond donors (Lipinski definition) is 2. The first-order valence-corrected chi connectivity index (χ1v) is 9.42. The smallest absolute Gasteiger partial charge is 0.290 e. The van der Waals surface area contributed by atoms with Gasteiger partial charge in [-0.05, 0) is 30.5 Å². The third-order valence-corrected chi connectivity index (χ3v) is 5.17. The summed E-state index contributed by atoms with van der Waals surface area (Å²) in [7, 11) is 1.44. The molecule has 152 valence electrons. The van der Waals surface area contributed by atoms with Gasteiger partial charge in [-0.25, -0.2) is 0 Å². The van der Waals surface area contributed by atoms with E-state index >= 15 is 0 Å². The Bertz CT molecular complexity index is 817. The van der Waals surface area contributed by atoms with Gasteiger partial charge >= 0.3 is 0 Å². The van der Waals surface area contributed by atoms with E-state index in [4.69, 9.17) is 9.47 Å². The number of aliphatic hydroxyl groups is 1. The van der Waals surface area contributed by atoms with Crippen molar-refractivity contribution in [3.8, 4) is 11.5 Å². The van der Waals surface area contributed by atoms with Crippen molar-refractivity contribution in [2.75, 3.05) is 20.3 Å². The largest absolute Gasteiger partial charge is 0.504 e. The van der Waals surface area contributed by atoms with Crippen LogP contribution in [0.1, 0.15) is 45.2 Å². The minimum atomic E-state index is -0.791. The van der Waals surface area contributed by atoms with Gasteiger partial charge in [-0.2, -0.15) is 0 Å². The number of methoxy groups -OCH3 is 1. The Balaban J connectivity index is 2.07. The average molecular weight is 389 g/mol. The molecule has 2 unspecified atom stereocenters. The summed E-state index contributed by atoms with van der Waals surface area (Å²) in [4.78, 5) is 27.4. The van der Waals surface area contributed by atoms with Crippen LogP contribution in [0.15, 0.2) is 29.5 Å². The van der Waals surface area contributed by atoms with E-state index in [2.05, 4.69) is 0 Å². The van der Waals surface area contributed by atoms with E-state index in [1.807, 2.05) is 0 Å². The van der Waals surface area contributed by atoms with Gasteiger partial charge in [0.1, 0.15) is 0 Å². The van der Waals surface area contributed by atoms with Crippen LogP contribution in [0.5, 0.6) is 11.5 Å². The topological polar surface area (TPSA) is 96.3 Å². The van der Waals surface area contributed by atoms with Gasteiger partial charge in [0, 0.05) is 18.6 Å². The lowest BCUT2D eigenvalue weighted by Crippen LogP contribution is -2.38. The molecule has 7 nitrogen and oxygen atoms in total. The average Bonchev–Trinajstić information content (AvgIpc) is 3.22. The molecule has 28 heavy (non-hydrogen) atoms. The van der Waals surface area contributed by atoms with Crippen LogP contribution in [0.2, 0.25) is 0 Å². The van der Waals surface area contributed by atoms with Crippen molar-refractivity contribution in [3.63, 3.8) is 0 Å². The molecule has 2 N–H and O–H groups in total. The van der Waals surface area contributed by atoms with Crippen molar-refractivity contribution in [1.29, 1.82) is 0 Å². The Hall–Kier alpha value is -2.54. The number of ether oxygens (including phenoxy) is 2. The molecule has 1 aromatic carbocycles. The summed E-state index contributed by atoms with van der Waals surface area (Å²) in [5.74, 6) is -1.25. The van der Waals surface area contributed by atoms with E-state index in [1.54, 1.807) is 32.9 Å². The molecular weight excluding hydrogens is 362 g/mol. The second-order valence-corrected chi connectivity index (χ2v) is 8.27. The number of hydrogen-bond acceptors (Lipinski definition) is 6. The lowest BCUT2D eigenvalue weighted by molar-refractivity contribution is -0.131. The van der Waals surface area contributed by atoms with E-state index in [0.717, 1.165) is 12.8 Å². The molecule has 0 spiro atoms. The van der Waals surface area contributed by atoms with Gasteiger partial charge in [0.05, 0.1) is 24.8 Å². The molecule has 0 radical (unpaired) electrons. The minimum absolute atomic E-state index is 0.0556. The van der Waals surface area contributed by atoms with E-state index in [-0.39, 0.29) is 35.5 Å². The van der Waals surface area contributed by atoms with Crippen molar-refractivity contribution in [1.82, 2.24) is 4.90 Å². The van der Waals surface area contributed by atoms with Crippen LogP contribution in [0.4, 0.5) is 0 Å². The molecule has 0 saturated carbocycles. The normalized spacial score (nSPS) is 22.9. The zero-order valence-electron chi connectivity index (χ0n) is 16.7. The fourth-order valence-corrected chi connectivity index (χ4v) is 3.71. The molecule has 1 aromatic rings. The number of rotatable bonds is 5. The maximum Gasteiger partial charge on any atom is 0.290 e. The summed E-state index contributed by atoms with van der Waals surface area (Å²) in [6.45, 7) is 6.12. The first kappa shape index (κ1) is 20.2. The molecule has 0 aliphatic carbocycles. The van der Waals surface area contributed by atoms with Crippen LogP contribution in [-0.2, 0) is 14.3 Å². The molecule has 1 saturated heterocycles. The molecule has 1 amide bonds. The van der Waals surface area contributed by atoms with Crippen LogP contribution < -0.4 is 4.74 Å². The first-order valence-electron chi connectivity index (χ1n) is 9.42. The number of aliphatic hydroxyl groups excluding tert-OH is 1. The van der Waals surface area contributed by atoms with Gasteiger partial charge in [0.2, 0.25) is 0 Å². The van der Waals surface area contributed by atoms with Gasteiger partial charge < -0.3 is 24.6 Å². The van der Waals surface area contributed by atoms with Crippen LogP contribution in [0.25, 0.3) is 0 Å². The zero-order chi connectivity index (χ0) is 20.6. The van der Waals surface area contributed by atoms with Crippen molar-refractivity contribution in [2.45, 2.75) is 45.8 Å². The van der Waals surface area contributed by atoms with E-state index < -0.39 is 23.1 Å². The quantitative estimate of drug-likeness (QED) is 0.804. The standard InChI is InChI=1S/C21H27NO6/c1-21(2,3)19(25)16-17(12-7-8-15(27-4)14(23)10-12)22(20(26)18(16)24)11-13-6-5-9-28-13/h7-8,10,13,17,23-24H,5-6,9,11H2,1-4H3. The highest BCUT2D eigenvalue weighted by atomic mass is 16.5. The summed E-state index contributed by atoms with van der Waals surface area (Å²) < 4.78 is 10.7. The molecule has 1 fully saturated rings. The Kier molecular flexibility index (Phi) is 5.39. The Labute approximate surface area is 164 Å². The molecule has 2 atom stereocenters. The van der Waals surface area contributed by atoms with E-state index in [1.165, 1.54) is 18.1 Å². The third kappa shape index (κ3) is 3.58. The number of amides is 1. The van der Waals surface area contributed by atoms with Crippen molar-refractivity contribution in [2.24, 2.45) is 5.41 Å². The molecule has 0 bridgehead atoms. The fraction of sp³-hybridized carbons (Fsp3) is 0.524. The monoisotopic (exact) mass is 389 g/mol. The number of carbonyl (C=O) groups excluding carboxylic acids is 2. The van der Waals surface area contributed by atoms with Crippen molar-refractivity contribution in [3.05, 3.63) is 35.1 Å². The van der Waals surface area contributed by atoms with E-state index in [9.17, 15) is 19.8 Å². The van der Waals surface area contributed by atoms with Gasteiger partial charge in [-0.15, -0.1) is 0 Å². The van der Waals surface area contributed by atoms with Gasteiger partial charge in [0.15, 0.2) is 23.0 Å². The van der Waals surface area contributed by atoms with Crippen LogP contribution in [0, 0.1) is 5.41 Å². The Morgan fingerprint density at radius 1 is 1.32 bits per heavy atom. The minimum Gasteiger partial charge on any atom is -0.504 e. The van der Waals surface area contributed by atoms with Crippen molar-refractivity contribution < 1.29 is 29.3 Å². The van der Waals surface area contributed by atoms with Gasteiger partial charge in [-0.1, -0.05) is 26.8 Å². The number of aromatic hydroxyl groups is 1. The van der Waals surface area contributed by atoms with Crippen LogP contribution in [-0.4, -0.2) is 53.2 Å². The van der Waals surface area contributed by atoms with Crippen LogP contribution in [0.3, 0.4) is 0 Å². The second-order valence-electron chi connectivity index (χ2n) is 8.27. The summed E-state index contributed by atoms with van der Waals surface area (Å²) in [5, 5.41) is 20.8. The summed E-state index contributed by atoms with van der Waals surface area (Å²) in [5.41, 5.74) is -0.197. The zero-order valence-corrected chi connectivity index (χ0v) is 16.7. The molecule has 0 aromatic heterocycles. The predicted octanol–water partition coefficient (Wildman–Crippen LogP) is 2.89. The number of nitrogens with zero attached hydrogens (tertiary/aromatic N) is 1. The van der Waals surface area contributed by atoms with Gasteiger partial charge in [-0.3, -0.25) is 9.59 Å². The maximum atomic E-state index is 13.1. The lowest BCUT2D eigenvalue weighted by atomic mass is 9.82. The highest BCUT2D eigenvalue weighted by Gasteiger charge is 2.46. The number of ketones is 1. The third-order valence-electron chi connectivity index (χ3n) is 5.17.